The molecule has 4 unspecified atom stereocenters. The summed E-state index contributed by atoms with van der Waals surface area (Å²) in [7, 11) is 0. The van der Waals surface area contributed by atoms with Crippen LogP contribution in [0.2, 0.25) is 0 Å². The number of aliphatic carboxylic acids is 2. The van der Waals surface area contributed by atoms with Gasteiger partial charge >= 0.3 is 11.9 Å². The third kappa shape index (κ3) is 9.43. The van der Waals surface area contributed by atoms with Crippen LogP contribution in [0.3, 0.4) is 0 Å². The van der Waals surface area contributed by atoms with Gasteiger partial charge in [-0.05, 0) is 48.7 Å². The lowest BCUT2D eigenvalue weighted by Gasteiger charge is -2.23. The summed E-state index contributed by atoms with van der Waals surface area (Å²) in [5, 5.41) is 44.2. The van der Waals surface area contributed by atoms with Crippen LogP contribution in [0.15, 0.2) is 48.5 Å². The van der Waals surface area contributed by atoms with Gasteiger partial charge < -0.3 is 42.1 Å². The molecule has 2 aromatic carbocycles. The lowest BCUT2D eigenvalue weighted by atomic mass is 10.0. The summed E-state index contributed by atoms with van der Waals surface area (Å²) in [6, 6.07) is 6.32. The second-order valence-corrected chi connectivity index (χ2v) is 8.64. The first-order valence-corrected chi connectivity index (χ1v) is 11.5. The molecule has 2 aromatic rings. The van der Waals surface area contributed by atoms with Crippen LogP contribution < -0.4 is 21.7 Å². The minimum absolute atomic E-state index is 0.00897. The monoisotopic (exact) mass is 530 g/mol. The smallest absolute Gasteiger partial charge is 0.326 e. The van der Waals surface area contributed by atoms with Gasteiger partial charge in [0, 0.05) is 6.42 Å². The molecule has 13 heteroatoms. The summed E-state index contributed by atoms with van der Waals surface area (Å²) in [5.74, 6) is -5.35. The molecule has 0 saturated carbocycles. The topological polar surface area (TPSA) is 228 Å². The number of nitrogens with two attached hydrogens (primary N) is 1. The molecule has 9 N–H and O–H groups in total. The zero-order valence-corrected chi connectivity index (χ0v) is 20.5. The van der Waals surface area contributed by atoms with Gasteiger partial charge in [-0.3, -0.25) is 19.2 Å². The van der Waals surface area contributed by atoms with Crippen LogP contribution >= 0.6 is 0 Å². The number of rotatable bonds is 13. The Kier molecular flexibility index (Phi) is 10.6. The van der Waals surface area contributed by atoms with Gasteiger partial charge in [0.25, 0.3) is 0 Å². The maximum Gasteiger partial charge on any atom is 0.326 e. The Labute approximate surface area is 217 Å². The minimum Gasteiger partial charge on any atom is -0.508 e. The maximum atomic E-state index is 12.7. The lowest BCUT2D eigenvalue weighted by Crippen LogP contribution is -2.57. The van der Waals surface area contributed by atoms with Gasteiger partial charge in [0.2, 0.25) is 17.7 Å². The van der Waals surface area contributed by atoms with E-state index in [0.717, 1.165) is 0 Å². The van der Waals surface area contributed by atoms with E-state index in [-0.39, 0.29) is 24.3 Å². The van der Waals surface area contributed by atoms with E-state index in [0.29, 0.717) is 11.1 Å². The van der Waals surface area contributed by atoms with Crippen molar-refractivity contribution in [1.82, 2.24) is 16.0 Å². The Hall–Kier alpha value is -4.65. The van der Waals surface area contributed by atoms with E-state index >= 15 is 0 Å². The van der Waals surface area contributed by atoms with Crippen molar-refractivity contribution in [3.63, 3.8) is 0 Å². The van der Waals surface area contributed by atoms with Gasteiger partial charge in [0.1, 0.15) is 29.6 Å². The van der Waals surface area contributed by atoms with Crippen molar-refractivity contribution < 1.29 is 44.4 Å². The summed E-state index contributed by atoms with van der Waals surface area (Å²) in [4.78, 5) is 60.7. The van der Waals surface area contributed by atoms with E-state index in [1.165, 1.54) is 43.3 Å². The van der Waals surface area contributed by atoms with Crippen molar-refractivity contribution in [2.75, 3.05) is 0 Å². The molecular formula is C25H30N4O9. The fourth-order valence-electron chi connectivity index (χ4n) is 3.39. The molecule has 2 rings (SSSR count). The molecule has 38 heavy (non-hydrogen) atoms. The second kappa shape index (κ2) is 13.6. The predicted molar refractivity (Wildman–Crippen MR) is 133 cm³/mol. The van der Waals surface area contributed by atoms with Crippen molar-refractivity contribution in [3.05, 3.63) is 59.7 Å². The highest BCUT2D eigenvalue weighted by atomic mass is 16.4. The first-order valence-electron chi connectivity index (χ1n) is 11.5. The van der Waals surface area contributed by atoms with E-state index in [4.69, 9.17) is 5.73 Å². The summed E-state index contributed by atoms with van der Waals surface area (Å²) >= 11 is 0. The Balaban J connectivity index is 1.99. The molecule has 0 aliphatic carbocycles. The zero-order valence-electron chi connectivity index (χ0n) is 20.5. The molecule has 0 heterocycles. The van der Waals surface area contributed by atoms with Gasteiger partial charge in [-0.1, -0.05) is 24.3 Å². The van der Waals surface area contributed by atoms with Crippen molar-refractivity contribution in [2.24, 2.45) is 5.73 Å². The highest BCUT2D eigenvalue weighted by Crippen LogP contribution is 2.12. The molecule has 0 fully saturated rings. The number of nitrogens with one attached hydrogen (secondary N) is 3. The number of benzene rings is 2. The number of aromatic hydroxyl groups is 2. The van der Waals surface area contributed by atoms with Gasteiger partial charge in [-0.25, -0.2) is 4.79 Å². The number of hydrogen-bond acceptors (Lipinski definition) is 8. The van der Waals surface area contributed by atoms with Crippen LogP contribution in [0.5, 0.6) is 11.5 Å². The molecule has 0 radical (unpaired) electrons. The third-order valence-electron chi connectivity index (χ3n) is 5.48. The van der Waals surface area contributed by atoms with Gasteiger partial charge in [0.15, 0.2) is 0 Å². The highest BCUT2D eigenvalue weighted by Gasteiger charge is 2.30. The third-order valence-corrected chi connectivity index (χ3v) is 5.48. The average Bonchev–Trinajstić information content (AvgIpc) is 2.85. The van der Waals surface area contributed by atoms with Crippen LogP contribution in [0.25, 0.3) is 0 Å². The van der Waals surface area contributed by atoms with Gasteiger partial charge in [0.05, 0.1) is 12.5 Å². The molecule has 0 bridgehead atoms. The van der Waals surface area contributed by atoms with Gasteiger partial charge in [-0.15, -0.1) is 0 Å². The molecule has 0 spiro atoms. The van der Waals surface area contributed by atoms with Crippen molar-refractivity contribution >= 4 is 29.7 Å². The Morgan fingerprint density at radius 1 is 0.711 bits per heavy atom. The van der Waals surface area contributed by atoms with Crippen molar-refractivity contribution in [2.45, 2.75) is 50.4 Å². The van der Waals surface area contributed by atoms with Crippen LogP contribution in [0, 0.1) is 0 Å². The van der Waals surface area contributed by atoms with Crippen molar-refractivity contribution in [1.29, 1.82) is 0 Å². The molecule has 3 amide bonds. The molecule has 13 nitrogen and oxygen atoms in total. The zero-order chi connectivity index (χ0) is 28.4. The number of amides is 3. The van der Waals surface area contributed by atoms with Crippen LogP contribution in [0.4, 0.5) is 0 Å². The quantitative estimate of drug-likeness (QED) is 0.161. The van der Waals surface area contributed by atoms with E-state index in [1.807, 2.05) is 0 Å². The molecular weight excluding hydrogens is 500 g/mol. The van der Waals surface area contributed by atoms with Crippen LogP contribution in [-0.2, 0) is 36.8 Å². The normalized spacial score (nSPS) is 13.8. The molecule has 0 aliphatic rings. The number of carboxylic acid groups (broad SMARTS) is 2. The first kappa shape index (κ1) is 29.6. The highest BCUT2D eigenvalue weighted by molar-refractivity contribution is 5.95. The average molecular weight is 531 g/mol. The number of phenolic OH excluding ortho intramolecular Hbond substituents is 2. The second-order valence-electron chi connectivity index (χ2n) is 8.64. The molecule has 204 valence electrons. The van der Waals surface area contributed by atoms with Gasteiger partial charge in [-0.2, -0.15) is 0 Å². The van der Waals surface area contributed by atoms with Crippen LogP contribution in [-0.4, -0.2) is 74.3 Å². The number of carboxylic acids is 2. The fourth-order valence-corrected chi connectivity index (χ4v) is 3.39. The number of phenols is 2. The number of hydrogen-bond donors (Lipinski definition) is 8. The maximum absolute atomic E-state index is 12.7. The summed E-state index contributed by atoms with van der Waals surface area (Å²) in [5.41, 5.74) is 7.03. The number of carbonyl (C=O) groups is 5. The Bertz CT molecular complexity index is 1150. The molecule has 0 saturated heterocycles. The minimum atomic E-state index is -1.56. The van der Waals surface area contributed by atoms with E-state index < -0.39 is 60.2 Å². The SMILES string of the molecule is CC(NC(=O)C(CC(=O)O)NC(=O)C(N)Cc1ccc(O)cc1)C(=O)NC(Cc1ccc(O)cc1)C(=O)O. The standard InChI is InChI=1S/C25H30N4O9/c1-13(22(34)29-20(25(37)38)11-15-4-8-17(31)9-5-15)27-24(36)19(12-21(32)33)28-23(35)18(26)10-14-2-6-16(30)7-3-14/h2-9,13,18-20,30-31H,10-12,26H2,1H3,(H,27,36)(H,28,35)(H,29,34)(H,32,33)(H,37,38). The van der Waals surface area contributed by atoms with Crippen LogP contribution in [0.1, 0.15) is 24.5 Å². The Morgan fingerprint density at radius 2 is 1.18 bits per heavy atom. The lowest BCUT2D eigenvalue weighted by molar-refractivity contribution is -0.143. The predicted octanol–water partition coefficient (Wildman–Crippen LogP) is -0.756. The largest absolute Gasteiger partial charge is 0.508 e. The summed E-state index contributed by atoms with van der Waals surface area (Å²) in [6.45, 7) is 1.27. The summed E-state index contributed by atoms with van der Waals surface area (Å²) in [6.07, 6.45) is -0.848. The fraction of sp³-hybridized carbons (Fsp3) is 0.320. The first-order chi connectivity index (χ1) is 17.8. The summed E-state index contributed by atoms with van der Waals surface area (Å²) < 4.78 is 0. The van der Waals surface area contributed by atoms with E-state index in [1.54, 1.807) is 12.1 Å². The van der Waals surface area contributed by atoms with E-state index in [9.17, 15) is 44.4 Å². The Morgan fingerprint density at radius 3 is 1.66 bits per heavy atom. The number of carbonyl (C=O) groups excluding carboxylic acids is 3. The molecule has 0 aromatic heterocycles. The molecule has 4 atom stereocenters. The van der Waals surface area contributed by atoms with E-state index in [2.05, 4.69) is 16.0 Å². The van der Waals surface area contributed by atoms with Crippen molar-refractivity contribution in [3.8, 4) is 11.5 Å². The molecule has 0 aliphatic heterocycles.